The van der Waals surface area contributed by atoms with Gasteiger partial charge in [-0.2, -0.15) is 0 Å². The van der Waals surface area contributed by atoms with E-state index in [0.717, 1.165) is 17.7 Å². The third kappa shape index (κ3) is 1.87. The lowest BCUT2D eigenvalue weighted by Gasteiger charge is -2.19. The summed E-state index contributed by atoms with van der Waals surface area (Å²) in [5.41, 5.74) is 8.00. The third-order valence-electron chi connectivity index (χ3n) is 3.46. The maximum Gasteiger partial charge on any atom is 0.262 e. The molecule has 0 saturated carbocycles. The lowest BCUT2D eigenvalue weighted by molar-refractivity contribution is 0.0986. The van der Waals surface area contributed by atoms with Crippen molar-refractivity contribution in [3.05, 3.63) is 53.3 Å². The lowest BCUT2D eigenvalue weighted by atomic mass is 10.1. The van der Waals surface area contributed by atoms with E-state index in [2.05, 4.69) is 0 Å². The molecule has 0 aliphatic carbocycles. The first-order valence-corrected chi connectivity index (χ1v) is 6.25. The minimum absolute atomic E-state index is 0.0545. The molecule has 0 atom stereocenters. The van der Waals surface area contributed by atoms with Gasteiger partial charge in [0.25, 0.3) is 5.91 Å². The number of hydrogen-bond acceptors (Lipinski definition) is 3. The van der Waals surface area contributed by atoms with Gasteiger partial charge < -0.3 is 15.7 Å². The second-order valence-corrected chi connectivity index (χ2v) is 4.72. The molecule has 0 aromatic heterocycles. The molecule has 5 heteroatoms. The minimum atomic E-state index is -0.563. The predicted molar refractivity (Wildman–Crippen MR) is 74.3 cm³/mol. The number of aromatic hydroxyl groups is 1. The number of nitrogens with two attached hydrogens (primary N) is 1. The van der Waals surface area contributed by atoms with Crippen LogP contribution in [0.3, 0.4) is 0 Å². The molecule has 4 nitrogen and oxygen atoms in total. The number of phenolic OH excluding ortho intramolecular Hbond substituents is 1. The van der Waals surface area contributed by atoms with Gasteiger partial charge in [-0.25, -0.2) is 4.39 Å². The van der Waals surface area contributed by atoms with Crippen molar-refractivity contribution >= 4 is 17.3 Å². The van der Waals surface area contributed by atoms with E-state index < -0.39 is 11.7 Å². The zero-order valence-electron chi connectivity index (χ0n) is 10.6. The molecule has 102 valence electrons. The fourth-order valence-corrected chi connectivity index (χ4v) is 2.51. The number of fused-ring (bicyclic) bond motifs is 1. The Balaban J connectivity index is 2.04. The number of carbonyl (C=O) groups is 1. The number of carbonyl (C=O) groups excluding carboxylic acids is 1. The summed E-state index contributed by atoms with van der Waals surface area (Å²) in [7, 11) is 0. The van der Waals surface area contributed by atoms with E-state index in [-0.39, 0.29) is 11.3 Å². The van der Waals surface area contributed by atoms with Crippen LogP contribution in [0.5, 0.6) is 5.75 Å². The van der Waals surface area contributed by atoms with Crippen molar-refractivity contribution < 1.29 is 14.3 Å². The van der Waals surface area contributed by atoms with Gasteiger partial charge in [-0.1, -0.05) is 12.1 Å². The lowest BCUT2D eigenvalue weighted by Crippen LogP contribution is -2.29. The number of rotatable bonds is 1. The highest BCUT2D eigenvalue weighted by atomic mass is 19.1. The number of phenols is 1. The number of anilines is 2. The first-order valence-electron chi connectivity index (χ1n) is 6.25. The summed E-state index contributed by atoms with van der Waals surface area (Å²) in [6.07, 6.45) is 0.697. The zero-order chi connectivity index (χ0) is 14.3. The molecule has 0 spiro atoms. The molecule has 0 saturated heterocycles. The first kappa shape index (κ1) is 12.5. The standard InChI is InChI=1S/C15H13FN2O2/c16-10-4-5-13(19)11(8-10)15(20)18-7-6-9-2-1-3-12(17)14(9)18/h1-5,8,19H,6-7,17H2. The summed E-state index contributed by atoms with van der Waals surface area (Å²) in [6, 6.07) is 8.78. The predicted octanol–water partition coefficient (Wildman–Crippen LogP) is 2.32. The van der Waals surface area contributed by atoms with Crippen molar-refractivity contribution in [2.45, 2.75) is 6.42 Å². The zero-order valence-corrected chi connectivity index (χ0v) is 10.6. The van der Waals surface area contributed by atoms with Crippen LogP contribution in [0.15, 0.2) is 36.4 Å². The molecule has 1 aliphatic rings. The normalized spacial score (nSPS) is 13.3. The second kappa shape index (κ2) is 4.52. The molecule has 0 radical (unpaired) electrons. The third-order valence-corrected chi connectivity index (χ3v) is 3.46. The summed E-state index contributed by atoms with van der Waals surface area (Å²) >= 11 is 0. The van der Waals surface area contributed by atoms with Crippen molar-refractivity contribution in [1.29, 1.82) is 0 Å². The number of nitrogens with zero attached hydrogens (tertiary/aromatic N) is 1. The Bertz CT molecular complexity index is 700. The summed E-state index contributed by atoms with van der Waals surface area (Å²) in [4.78, 5) is 14.0. The van der Waals surface area contributed by atoms with Gasteiger partial charge in [0.15, 0.2) is 0 Å². The smallest absolute Gasteiger partial charge is 0.262 e. The summed E-state index contributed by atoms with van der Waals surface area (Å²) < 4.78 is 13.3. The van der Waals surface area contributed by atoms with Crippen molar-refractivity contribution in [3.63, 3.8) is 0 Å². The van der Waals surface area contributed by atoms with E-state index in [1.54, 1.807) is 6.07 Å². The van der Waals surface area contributed by atoms with E-state index in [1.807, 2.05) is 12.1 Å². The van der Waals surface area contributed by atoms with E-state index in [9.17, 15) is 14.3 Å². The average Bonchev–Trinajstić information content (AvgIpc) is 2.86. The van der Waals surface area contributed by atoms with E-state index in [4.69, 9.17) is 5.73 Å². The van der Waals surface area contributed by atoms with Gasteiger partial charge in [0.2, 0.25) is 0 Å². The number of halogens is 1. The second-order valence-electron chi connectivity index (χ2n) is 4.72. The van der Waals surface area contributed by atoms with Crippen LogP contribution >= 0.6 is 0 Å². The van der Waals surface area contributed by atoms with Crippen LogP contribution in [0.1, 0.15) is 15.9 Å². The summed E-state index contributed by atoms with van der Waals surface area (Å²) in [5.74, 6) is -1.25. The van der Waals surface area contributed by atoms with E-state index >= 15 is 0 Å². The van der Waals surface area contributed by atoms with Crippen LogP contribution in [0.2, 0.25) is 0 Å². The van der Waals surface area contributed by atoms with Crippen LogP contribution in [0.25, 0.3) is 0 Å². The van der Waals surface area contributed by atoms with Gasteiger partial charge >= 0.3 is 0 Å². The van der Waals surface area contributed by atoms with Gasteiger partial charge in [-0.3, -0.25) is 4.79 Å². The van der Waals surface area contributed by atoms with Gasteiger partial charge in [0.05, 0.1) is 16.9 Å². The molecule has 1 amide bonds. The average molecular weight is 272 g/mol. The number of hydrogen-bond donors (Lipinski definition) is 2. The largest absolute Gasteiger partial charge is 0.507 e. The molecule has 1 heterocycles. The molecule has 1 aliphatic heterocycles. The Morgan fingerprint density at radius 2 is 2.10 bits per heavy atom. The highest BCUT2D eigenvalue weighted by Crippen LogP contribution is 2.35. The monoisotopic (exact) mass is 272 g/mol. The molecular weight excluding hydrogens is 259 g/mol. The Kier molecular flexibility index (Phi) is 2.82. The van der Waals surface area contributed by atoms with Crippen molar-refractivity contribution in [2.75, 3.05) is 17.2 Å². The number of para-hydroxylation sites is 1. The Morgan fingerprint density at radius 1 is 1.30 bits per heavy atom. The van der Waals surface area contributed by atoms with E-state index in [1.165, 1.54) is 11.0 Å². The number of amides is 1. The first-order chi connectivity index (χ1) is 9.58. The fraction of sp³-hybridized carbons (Fsp3) is 0.133. The van der Waals surface area contributed by atoms with Crippen molar-refractivity contribution in [2.24, 2.45) is 0 Å². The topological polar surface area (TPSA) is 66.6 Å². The minimum Gasteiger partial charge on any atom is -0.507 e. The number of benzene rings is 2. The molecular formula is C15H13FN2O2. The molecule has 0 bridgehead atoms. The maximum absolute atomic E-state index is 13.3. The molecule has 2 aromatic carbocycles. The summed E-state index contributed by atoms with van der Waals surface area (Å²) in [5, 5.41) is 9.74. The Labute approximate surface area is 115 Å². The molecule has 20 heavy (non-hydrogen) atoms. The maximum atomic E-state index is 13.3. The van der Waals surface area contributed by atoms with Gasteiger partial charge in [0, 0.05) is 6.54 Å². The van der Waals surface area contributed by atoms with Crippen LogP contribution in [-0.2, 0) is 6.42 Å². The molecule has 2 aromatic rings. The molecule has 3 N–H and O–H groups in total. The Hall–Kier alpha value is -2.56. The van der Waals surface area contributed by atoms with Crippen LogP contribution in [0, 0.1) is 5.82 Å². The van der Waals surface area contributed by atoms with Crippen molar-refractivity contribution in [1.82, 2.24) is 0 Å². The van der Waals surface area contributed by atoms with Gasteiger partial charge in [-0.15, -0.1) is 0 Å². The van der Waals surface area contributed by atoms with Crippen molar-refractivity contribution in [3.8, 4) is 5.75 Å². The SMILES string of the molecule is Nc1cccc2c1N(C(=O)c1cc(F)ccc1O)CC2. The highest BCUT2D eigenvalue weighted by molar-refractivity contribution is 6.10. The Morgan fingerprint density at radius 3 is 2.90 bits per heavy atom. The highest BCUT2D eigenvalue weighted by Gasteiger charge is 2.28. The molecule has 0 unspecified atom stereocenters. The fourth-order valence-electron chi connectivity index (χ4n) is 2.51. The molecule has 0 fully saturated rings. The van der Waals surface area contributed by atoms with Gasteiger partial charge in [-0.05, 0) is 36.2 Å². The van der Waals surface area contributed by atoms with Crippen LogP contribution < -0.4 is 10.6 Å². The van der Waals surface area contributed by atoms with E-state index in [0.29, 0.717) is 24.3 Å². The molecule has 3 rings (SSSR count). The summed E-state index contributed by atoms with van der Waals surface area (Å²) in [6.45, 7) is 0.471. The van der Waals surface area contributed by atoms with Crippen LogP contribution in [-0.4, -0.2) is 17.6 Å². The number of nitrogen functional groups attached to an aromatic ring is 1. The quantitative estimate of drug-likeness (QED) is 0.783. The van der Waals surface area contributed by atoms with Gasteiger partial charge in [0.1, 0.15) is 11.6 Å². The van der Waals surface area contributed by atoms with Crippen LogP contribution in [0.4, 0.5) is 15.8 Å².